The molecule has 5 nitrogen and oxygen atoms in total. The molecular formula is C14H19N3O2. The van der Waals surface area contributed by atoms with Gasteiger partial charge in [-0.15, -0.1) is 0 Å². The van der Waals surface area contributed by atoms with Gasteiger partial charge in [0.1, 0.15) is 5.75 Å². The number of nitrogens with two attached hydrogens (primary N) is 1. The van der Waals surface area contributed by atoms with Gasteiger partial charge in [0.15, 0.2) is 0 Å². The summed E-state index contributed by atoms with van der Waals surface area (Å²) in [5.41, 5.74) is 7.87. The van der Waals surface area contributed by atoms with Crippen molar-refractivity contribution in [1.82, 2.24) is 9.55 Å². The summed E-state index contributed by atoms with van der Waals surface area (Å²) in [5, 5.41) is 0. The Hall–Kier alpha value is -1.75. The van der Waals surface area contributed by atoms with Gasteiger partial charge in [-0.2, -0.15) is 0 Å². The van der Waals surface area contributed by atoms with Crippen LogP contribution in [0.15, 0.2) is 18.2 Å². The normalized spacial score (nSPS) is 27.0. The van der Waals surface area contributed by atoms with E-state index in [1.54, 1.807) is 7.11 Å². The Labute approximate surface area is 112 Å². The van der Waals surface area contributed by atoms with Crippen LogP contribution in [0, 0.1) is 0 Å². The maximum absolute atomic E-state index is 6.13. The smallest absolute Gasteiger partial charge is 0.201 e. The lowest BCUT2D eigenvalue weighted by molar-refractivity contribution is 0.0783. The maximum atomic E-state index is 6.13. The molecule has 2 atom stereocenters. The minimum Gasteiger partial charge on any atom is -0.497 e. The van der Waals surface area contributed by atoms with Crippen molar-refractivity contribution in [2.75, 3.05) is 19.5 Å². The van der Waals surface area contributed by atoms with E-state index in [2.05, 4.69) is 23.4 Å². The highest BCUT2D eigenvalue weighted by Gasteiger charge is 2.40. The van der Waals surface area contributed by atoms with E-state index in [1.807, 2.05) is 18.2 Å². The van der Waals surface area contributed by atoms with E-state index in [9.17, 15) is 0 Å². The number of imidazole rings is 1. The number of ether oxygens (including phenoxy) is 2. The second-order valence-corrected chi connectivity index (χ2v) is 5.28. The van der Waals surface area contributed by atoms with Crippen LogP contribution >= 0.6 is 0 Å². The van der Waals surface area contributed by atoms with Gasteiger partial charge < -0.3 is 19.8 Å². The average Bonchev–Trinajstić information content (AvgIpc) is 2.89. The largest absolute Gasteiger partial charge is 0.497 e. The van der Waals surface area contributed by atoms with Crippen molar-refractivity contribution in [3.63, 3.8) is 0 Å². The molecule has 0 bridgehead atoms. The molecule has 2 N–H and O–H groups in total. The highest BCUT2D eigenvalue weighted by atomic mass is 16.5. The van der Waals surface area contributed by atoms with Gasteiger partial charge in [0.05, 0.1) is 29.8 Å². The minimum atomic E-state index is -0.145. The van der Waals surface area contributed by atoms with E-state index in [0.29, 0.717) is 5.95 Å². The van der Waals surface area contributed by atoms with E-state index in [-0.39, 0.29) is 11.6 Å². The molecule has 0 spiro atoms. The highest BCUT2D eigenvalue weighted by Crippen LogP contribution is 2.38. The monoisotopic (exact) mass is 261 g/mol. The number of nitrogen functional groups attached to an aromatic ring is 1. The van der Waals surface area contributed by atoms with E-state index in [1.165, 1.54) is 0 Å². The Balaban J connectivity index is 2.21. The molecule has 1 aromatic heterocycles. The number of benzene rings is 1. The van der Waals surface area contributed by atoms with Gasteiger partial charge in [-0.3, -0.25) is 0 Å². The fraction of sp³-hybridized carbons (Fsp3) is 0.500. The molecule has 102 valence electrons. The first kappa shape index (κ1) is 12.3. The van der Waals surface area contributed by atoms with Crippen LogP contribution in [0.2, 0.25) is 0 Å². The number of hydrogen-bond donors (Lipinski definition) is 1. The van der Waals surface area contributed by atoms with Gasteiger partial charge in [0.25, 0.3) is 0 Å². The lowest BCUT2D eigenvalue weighted by Gasteiger charge is -2.31. The van der Waals surface area contributed by atoms with Crippen LogP contribution in [0.4, 0.5) is 5.95 Å². The van der Waals surface area contributed by atoms with Crippen LogP contribution in [0.3, 0.4) is 0 Å². The van der Waals surface area contributed by atoms with Crippen LogP contribution in [0.25, 0.3) is 11.0 Å². The molecule has 0 radical (unpaired) electrons. The Kier molecular flexibility index (Phi) is 2.67. The van der Waals surface area contributed by atoms with Crippen molar-refractivity contribution in [2.45, 2.75) is 31.9 Å². The van der Waals surface area contributed by atoms with Crippen LogP contribution in [0.1, 0.15) is 20.3 Å². The first-order valence-electron chi connectivity index (χ1n) is 6.50. The second kappa shape index (κ2) is 4.13. The molecule has 1 aliphatic heterocycles. The molecule has 2 unspecified atom stereocenters. The summed E-state index contributed by atoms with van der Waals surface area (Å²) in [7, 11) is 1.65. The van der Waals surface area contributed by atoms with Gasteiger partial charge in [0.2, 0.25) is 5.95 Å². The van der Waals surface area contributed by atoms with Crippen molar-refractivity contribution in [3.05, 3.63) is 18.2 Å². The quantitative estimate of drug-likeness (QED) is 0.899. The summed E-state index contributed by atoms with van der Waals surface area (Å²) in [6.45, 7) is 5.01. The summed E-state index contributed by atoms with van der Waals surface area (Å²) < 4.78 is 13.0. The topological polar surface area (TPSA) is 62.3 Å². The average molecular weight is 261 g/mol. The standard InChI is InChI=1S/C14H19N3O2/c1-9-14(2,6-7-19-9)17-12-5-4-10(18-3)8-11(12)16-13(17)15/h4-5,8-9H,6-7H2,1-3H3,(H2,15,16). The van der Waals surface area contributed by atoms with Gasteiger partial charge in [-0.25, -0.2) is 4.98 Å². The number of aromatic nitrogens is 2. The Bertz CT molecular complexity index is 622. The van der Waals surface area contributed by atoms with Crippen molar-refractivity contribution in [3.8, 4) is 5.75 Å². The molecule has 0 amide bonds. The summed E-state index contributed by atoms with van der Waals surface area (Å²) in [6.07, 6.45) is 1.06. The van der Waals surface area contributed by atoms with Crippen molar-refractivity contribution in [2.24, 2.45) is 0 Å². The summed E-state index contributed by atoms with van der Waals surface area (Å²) >= 11 is 0. The number of anilines is 1. The number of rotatable bonds is 2. The molecule has 0 saturated carbocycles. The second-order valence-electron chi connectivity index (χ2n) is 5.28. The molecule has 2 aromatic rings. The molecule has 1 fully saturated rings. The van der Waals surface area contributed by atoms with Gasteiger partial charge in [0, 0.05) is 12.7 Å². The van der Waals surface area contributed by atoms with Gasteiger partial charge in [-0.1, -0.05) is 0 Å². The third kappa shape index (κ3) is 1.69. The molecular weight excluding hydrogens is 242 g/mol. The van der Waals surface area contributed by atoms with Gasteiger partial charge in [-0.05, 0) is 32.4 Å². The highest BCUT2D eigenvalue weighted by molar-refractivity contribution is 5.80. The number of nitrogens with zero attached hydrogens (tertiary/aromatic N) is 2. The predicted molar refractivity (Wildman–Crippen MR) is 74.4 cm³/mol. The number of methoxy groups -OCH3 is 1. The van der Waals surface area contributed by atoms with Gasteiger partial charge >= 0.3 is 0 Å². The Morgan fingerprint density at radius 2 is 2.32 bits per heavy atom. The lowest BCUT2D eigenvalue weighted by atomic mass is 9.94. The zero-order valence-corrected chi connectivity index (χ0v) is 11.5. The van der Waals surface area contributed by atoms with Crippen molar-refractivity contribution in [1.29, 1.82) is 0 Å². The molecule has 2 heterocycles. The third-order valence-corrected chi connectivity index (χ3v) is 4.25. The fourth-order valence-electron chi connectivity index (χ4n) is 2.86. The SMILES string of the molecule is COc1ccc2c(c1)nc(N)n2C1(C)CCOC1C. The van der Waals surface area contributed by atoms with Crippen LogP contribution in [-0.4, -0.2) is 29.4 Å². The molecule has 19 heavy (non-hydrogen) atoms. The van der Waals surface area contributed by atoms with E-state index in [4.69, 9.17) is 15.2 Å². The summed E-state index contributed by atoms with van der Waals surface area (Å²) in [4.78, 5) is 4.45. The maximum Gasteiger partial charge on any atom is 0.201 e. The first-order valence-corrected chi connectivity index (χ1v) is 6.50. The Morgan fingerprint density at radius 1 is 1.53 bits per heavy atom. The third-order valence-electron chi connectivity index (χ3n) is 4.25. The molecule has 0 aliphatic carbocycles. The lowest BCUT2D eigenvalue weighted by Crippen LogP contribution is -2.37. The first-order chi connectivity index (χ1) is 9.06. The molecule has 1 aliphatic rings. The summed E-state index contributed by atoms with van der Waals surface area (Å²) in [6, 6.07) is 5.85. The van der Waals surface area contributed by atoms with Crippen LogP contribution in [0.5, 0.6) is 5.75 Å². The molecule has 1 saturated heterocycles. The predicted octanol–water partition coefficient (Wildman–Crippen LogP) is 2.15. The van der Waals surface area contributed by atoms with Crippen LogP contribution in [-0.2, 0) is 10.3 Å². The van der Waals surface area contributed by atoms with E-state index in [0.717, 1.165) is 29.8 Å². The zero-order chi connectivity index (χ0) is 13.6. The number of hydrogen-bond acceptors (Lipinski definition) is 4. The van der Waals surface area contributed by atoms with Crippen molar-refractivity contribution < 1.29 is 9.47 Å². The molecule has 1 aromatic carbocycles. The minimum absolute atomic E-state index is 0.120. The summed E-state index contributed by atoms with van der Waals surface area (Å²) in [5.74, 6) is 1.32. The zero-order valence-electron chi connectivity index (χ0n) is 11.5. The van der Waals surface area contributed by atoms with E-state index < -0.39 is 0 Å². The number of fused-ring (bicyclic) bond motifs is 1. The van der Waals surface area contributed by atoms with Crippen LogP contribution < -0.4 is 10.5 Å². The van der Waals surface area contributed by atoms with Crippen molar-refractivity contribution >= 4 is 17.0 Å². The van der Waals surface area contributed by atoms with E-state index >= 15 is 0 Å². The molecule has 5 heteroatoms. The molecule has 3 rings (SSSR count). The fourth-order valence-corrected chi connectivity index (χ4v) is 2.86. The Morgan fingerprint density at radius 3 is 2.95 bits per heavy atom.